The number of unbranched alkanes of at least 4 members (excludes halogenated alkanes) is 23. The maximum Gasteiger partial charge on any atom is 0.306 e. The number of ether oxygens (including phenoxy) is 3. The van der Waals surface area contributed by atoms with Crippen LogP contribution in [0.2, 0.25) is 0 Å². The number of rotatable bonds is 44. The van der Waals surface area contributed by atoms with Crippen molar-refractivity contribution in [2.75, 3.05) is 13.2 Å². The summed E-state index contributed by atoms with van der Waals surface area (Å²) < 4.78 is 16.7. The van der Waals surface area contributed by atoms with E-state index in [1.165, 1.54) is 103 Å². The molecule has 0 aliphatic carbocycles. The molecular formula is C55H92O6. The summed E-state index contributed by atoms with van der Waals surface area (Å²) in [4.78, 5) is 37.9. The lowest BCUT2D eigenvalue weighted by molar-refractivity contribution is -0.167. The molecule has 1 unspecified atom stereocenters. The molecule has 0 radical (unpaired) electrons. The Morgan fingerprint density at radius 2 is 0.656 bits per heavy atom. The van der Waals surface area contributed by atoms with E-state index in [-0.39, 0.29) is 31.1 Å². The number of carbonyl (C=O) groups excluding carboxylic acids is 3. The molecule has 0 amide bonds. The molecule has 0 aromatic carbocycles. The monoisotopic (exact) mass is 849 g/mol. The van der Waals surface area contributed by atoms with Crippen LogP contribution in [0.4, 0.5) is 0 Å². The summed E-state index contributed by atoms with van der Waals surface area (Å²) in [6.45, 7) is 6.41. The normalized spacial score (nSPS) is 12.8. The fourth-order valence-corrected chi connectivity index (χ4v) is 6.69. The Morgan fingerprint density at radius 3 is 1.08 bits per heavy atom. The van der Waals surface area contributed by atoms with Crippen molar-refractivity contribution < 1.29 is 28.6 Å². The minimum atomic E-state index is -0.801. The van der Waals surface area contributed by atoms with E-state index < -0.39 is 6.10 Å². The molecule has 1 atom stereocenters. The van der Waals surface area contributed by atoms with Gasteiger partial charge in [0.15, 0.2) is 6.10 Å². The first-order valence-corrected chi connectivity index (χ1v) is 25.2. The number of carbonyl (C=O) groups is 3. The van der Waals surface area contributed by atoms with Crippen LogP contribution in [0.3, 0.4) is 0 Å². The minimum absolute atomic E-state index is 0.101. The molecule has 348 valence electrons. The third-order valence-corrected chi connectivity index (χ3v) is 10.5. The second kappa shape index (κ2) is 49.2. The highest BCUT2D eigenvalue weighted by Gasteiger charge is 2.19. The third-order valence-electron chi connectivity index (χ3n) is 10.5. The molecule has 0 heterocycles. The van der Waals surface area contributed by atoms with Gasteiger partial charge in [0.1, 0.15) is 13.2 Å². The predicted molar refractivity (Wildman–Crippen MR) is 261 cm³/mol. The van der Waals surface area contributed by atoms with Gasteiger partial charge in [-0.05, 0) is 89.9 Å². The van der Waals surface area contributed by atoms with E-state index >= 15 is 0 Å². The summed E-state index contributed by atoms with van der Waals surface area (Å²) in [6.07, 6.45) is 62.7. The maximum absolute atomic E-state index is 12.8. The van der Waals surface area contributed by atoms with Crippen molar-refractivity contribution in [3.05, 3.63) is 85.1 Å². The molecule has 0 saturated carbocycles. The summed E-state index contributed by atoms with van der Waals surface area (Å²) in [5.41, 5.74) is 0. The Kier molecular flexibility index (Phi) is 46.5. The van der Waals surface area contributed by atoms with Crippen molar-refractivity contribution in [2.24, 2.45) is 0 Å². The van der Waals surface area contributed by atoms with Gasteiger partial charge in [-0.25, -0.2) is 0 Å². The lowest BCUT2D eigenvalue weighted by Gasteiger charge is -2.18. The van der Waals surface area contributed by atoms with E-state index in [0.717, 1.165) is 83.5 Å². The van der Waals surface area contributed by atoms with Gasteiger partial charge in [0, 0.05) is 19.3 Å². The molecule has 0 fully saturated rings. The van der Waals surface area contributed by atoms with Crippen molar-refractivity contribution in [1.29, 1.82) is 0 Å². The van der Waals surface area contributed by atoms with Crippen LogP contribution in [0.5, 0.6) is 0 Å². The Labute approximate surface area is 375 Å². The fourth-order valence-electron chi connectivity index (χ4n) is 6.69. The van der Waals surface area contributed by atoms with Gasteiger partial charge in [-0.2, -0.15) is 0 Å². The van der Waals surface area contributed by atoms with Gasteiger partial charge in [-0.15, -0.1) is 0 Å². The summed E-state index contributed by atoms with van der Waals surface area (Å²) in [7, 11) is 0. The molecule has 0 aromatic heterocycles. The first-order chi connectivity index (χ1) is 30.0. The molecule has 6 heteroatoms. The molecular weight excluding hydrogens is 757 g/mol. The molecule has 0 saturated heterocycles. The second-order valence-electron chi connectivity index (χ2n) is 16.5. The molecule has 0 rings (SSSR count). The molecule has 0 aliphatic heterocycles. The van der Waals surface area contributed by atoms with Crippen molar-refractivity contribution >= 4 is 17.9 Å². The van der Waals surface area contributed by atoms with Gasteiger partial charge in [-0.1, -0.05) is 202 Å². The van der Waals surface area contributed by atoms with Crippen LogP contribution in [0.15, 0.2) is 85.1 Å². The second-order valence-corrected chi connectivity index (χ2v) is 16.5. The van der Waals surface area contributed by atoms with Gasteiger partial charge in [0.2, 0.25) is 0 Å². The highest BCUT2D eigenvalue weighted by Crippen LogP contribution is 2.13. The van der Waals surface area contributed by atoms with Crippen LogP contribution < -0.4 is 0 Å². The van der Waals surface area contributed by atoms with Crippen molar-refractivity contribution in [3.63, 3.8) is 0 Å². The number of hydrogen-bond donors (Lipinski definition) is 0. The predicted octanol–water partition coefficient (Wildman–Crippen LogP) is 16.4. The van der Waals surface area contributed by atoms with Crippen LogP contribution in [0.25, 0.3) is 0 Å². The number of hydrogen-bond acceptors (Lipinski definition) is 6. The highest BCUT2D eigenvalue weighted by molar-refractivity contribution is 5.71. The van der Waals surface area contributed by atoms with E-state index in [0.29, 0.717) is 19.3 Å². The van der Waals surface area contributed by atoms with Crippen LogP contribution in [-0.2, 0) is 28.6 Å². The number of esters is 3. The zero-order valence-corrected chi connectivity index (χ0v) is 39.7. The third kappa shape index (κ3) is 47.5. The average molecular weight is 849 g/mol. The van der Waals surface area contributed by atoms with Crippen molar-refractivity contribution in [2.45, 2.75) is 232 Å². The van der Waals surface area contributed by atoms with E-state index in [4.69, 9.17) is 14.2 Å². The lowest BCUT2D eigenvalue weighted by atomic mass is 10.1. The Morgan fingerprint density at radius 1 is 0.344 bits per heavy atom. The van der Waals surface area contributed by atoms with E-state index in [9.17, 15) is 14.4 Å². The molecule has 0 bridgehead atoms. The SMILES string of the molecule is CC\C=C/C=C\C=C/C=C\C=C/CCCCCC(=O)OCC(COC(=O)CCCCC/C=C\CCCCCCCC)OC(=O)CCCCCCCCC/C=C\CCCCCC. The Balaban J connectivity index is 4.50. The number of allylic oxidation sites excluding steroid dienone is 14. The fraction of sp³-hybridized carbons (Fsp3) is 0.691. The van der Waals surface area contributed by atoms with E-state index in [2.05, 4.69) is 57.2 Å². The smallest absolute Gasteiger partial charge is 0.306 e. The van der Waals surface area contributed by atoms with Crippen LogP contribution in [0, 0.1) is 0 Å². The quantitative estimate of drug-likeness (QED) is 0.0200. The lowest BCUT2D eigenvalue weighted by Crippen LogP contribution is -2.30. The molecule has 61 heavy (non-hydrogen) atoms. The standard InChI is InChI=1S/C55H92O6/c1-4-7-10-13-16-19-22-25-27-30-33-36-39-42-45-48-54(57)60-51-52(50-59-53(56)47-44-41-38-35-32-29-24-21-18-15-12-9-6-3)61-55(58)49-46-43-40-37-34-31-28-26-23-20-17-14-11-8-5-2/h7,10,13,16,19-20,22-23,25,27,29-30,32-33,52H,4-6,8-9,11-12,14-15,17-18,21,24,26,28,31,34-51H2,1-3H3/b10-7-,16-13-,22-19-,23-20-,27-25-,32-29-,33-30-. The zero-order chi connectivity index (χ0) is 44.4. The first-order valence-electron chi connectivity index (χ1n) is 25.2. The molecule has 0 aliphatic rings. The minimum Gasteiger partial charge on any atom is -0.462 e. The van der Waals surface area contributed by atoms with Gasteiger partial charge in [0.05, 0.1) is 0 Å². The first kappa shape index (κ1) is 57.6. The molecule has 0 spiro atoms. The van der Waals surface area contributed by atoms with Crippen molar-refractivity contribution in [3.8, 4) is 0 Å². The van der Waals surface area contributed by atoms with Gasteiger partial charge in [-0.3, -0.25) is 14.4 Å². The van der Waals surface area contributed by atoms with Gasteiger partial charge < -0.3 is 14.2 Å². The Hall–Kier alpha value is -3.41. The van der Waals surface area contributed by atoms with Crippen LogP contribution in [0.1, 0.15) is 226 Å². The maximum atomic E-state index is 12.8. The summed E-state index contributed by atoms with van der Waals surface area (Å²) in [5, 5.41) is 0. The van der Waals surface area contributed by atoms with Crippen molar-refractivity contribution in [1.82, 2.24) is 0 Å². The van der Waals surface area contributed by atoms with Gasteiger partial charge in [0.25, 0.3) is 0 Å². The summed E-state index contributed by atoms with van der Waals surface area (Å²) in [6, 6.07) is 0. The van der Waals surface area contributed by atoms with Crippen LogP contribution in [-0.4, -0.2) is 37.2 Å². The molecule has 0 N–H and O–H groups in total. The summed E-state index contributed by atoms with van der Waals surface area (Å²) in [5.74, 6) is -0.965. The van der Waals surface area contributed by atoms with Gasteiger partial charge >= 0.3 is 17.9 Å². The average Bonchev–Trinajstić information content (AvgIpc) is 3.26. The molecule has 0 aromatic rings. The highest BCUT2D eigenvalue weighted by atomic mass is 16.6. The summed E-state index contributed by atoms with van der Waals surface area (Å²) >= 11 is 0. The zero-order valence-electron chi connectivity index (χ0n) is 39.7. The Bertz CT molecular complexity index is 1200. The van der Waals surface area contributed by atoms with E-state index in [1.54, 1.807) is 0 Å². The topological polar surface area (TPSA) is 78.9 Å². The van der Waals surface area contributed by atoms with E-state index in [1.807, 2.05) is 48.6 Å². The largest absolute Gasteiger partial charge is 0.462 e. The molecule has 6 nitrogen and oxygen atoms in total. The van der Waals surface area contributed by atoms with Crippen LogP contribution >= 0.6 is 0 Å².